The zero-order valence-corrected chi connectivity index (χ0v) is 11.1. The summed E-state index contributed by atoms with van der Waals surface area (Å²) < 4.78 is 0. The first kappa shape index (κ1) is 14.1. The van der Waals surface area contributed by atoms with Gasteiger partial charge < -0.3 is 10.0 Å². The summed E-state index contributed by atoms with van der Waals surface area (Å²) in [6.07, 6.45) is 4.49. The molecule has 0 aromatic carbocycles. The van der Waals surface area contributed by atoms with Crippen LogP contribution < -0.4 is 0 Å². The van der Waals surface area contributed by atoms with Gasteiger partial charge in [-0.05, 0) is 6.42 Å². The Kier molecular flexibility index (Phi) is 6.81. The SMILES string of the molecule is CCCCCCN(CCO)C(=O)c1cscn1. The number of carbonyl (C=O) groups excluding carboxylic acids is 1. The third-order valence-electron chi connectivity index (χ3n) is 2.59. The molecular formula is C12H20N2O2S. The normalized spacial score (nSPS) is 10.5. The second kappa shape index (κ2) is 8.20. The Bertz CT molecular complexity index is 314. The number of nitrogens with zero attached hydrogens (tertiary/aromatic N) is 2. The summed E-state index contributed by atoms with van der Waals surface area (Å²) in [6.45, 7) is 3.26. The molecule has 1 heterocycles. The van der Waals surface area contributed by atoms with Gasteiger partial charge in [-0.1, -0.05) is 26.2 Å². The Morgan fingerprint density at radius 1 is 1.41 bits per heavy atom. The maximum Gasteiger partial charge on any atom is 0.273 e. The van der Waals surface area contributed by atoms with Gasteiger partial charge in [0.2, 0.25) is 0 Å². The maximum atomic E-state index is 12.0. The van der Waals surface area contributed by atoms with Crippen molar-refractivity contribution in [3.63, 3.8) is 0 Å². The van der Waals surface area contributed by atoms with E-state index in [9.17, 15) is 4.79 Å². The van der Waals surface area contributed by atoms with Crippen LogP contribution in [0.3, 0.4) is 0 Å². The molecule has 1 amide bonds. The minimum atomic E-state index is -0.0724. The summed E-state index contributed by atoms with van der Waals surface area (Å²) in [4.78, 5) is 17.7. The lowest BCUT2D eigenvalue weighted by Gasteiger charge is -2.20. The minimum absolute atomic E-state index is 0.00363. The van der Waals surface area contributed by atoms with Crippen LogP contribution in [0.25, 0.3) is 0 Å². The second-order valence-corrected chi connectivity index (χ2v) is 4.67. The van der Waals surface area contributed by atoms with E-state index in [0.29, 0.717) is 18.8 Å². The van der Waals surface area contributed by atoms with Crippen molar-refractivity contribution in [1.29, 1.82) is 0 Å². The summed E-state index contributed by atoms with van der Waals surface area (Å²) >= 11 is 1.41. The molecule has 1 N–H and O–H groups in total. The van der Waals surface area contributed by atoms with Gasteiger partial charge in [0.25, 0.3) is 5.91 Å². The predicted molar refractivity (Wildman–Crippen MR) is 69.2 cm³/mol. The Morgan fingerprint density at radius 2 is 2.24 bits per heavy atom. The molecule has 0 atom stereocenters. The molecule has 0 unspecified atom stereocenters. The smallest absolute Gasteiger partial charge is 0.273 e. The first-order chi connectivity index (χ1) is 8.29. The Morgan fingerprint density at radius 3 is 2.82 bits per heavy atom. The number of aromatic nitrogens is 1. The van der Waals surface area contributed by atoms with Crippen molar-refractivity contribution in [3.05, 3.63) is 16.6 Å². The van der Waals surface area contributed by atoms with Crippen LogP contribution >= 0.6 is 11.3 Å². The molecule has 96 valence electrons. The van der Waals surface area contributed by atoms with E-state index >= 15 is 0 Å². The predicted octanol–water partition coefficient (Wildman–Crippen LogP) is 2.16. The van der Waals surface area contributed by atoms with E-state index in [-0.39, 0.29) is 12.5 Å². The van der Waals surface area contributed by atoms with E-state index < -0.39 is 0 Å². The fraction of sp³-hybridized carbons (Fsp3) is 0.667. The number of hydrogen-bond acceptors (Lipinski definition) is 4. The van der Waals surface area contributed by atoms with Crippen LogP contribution in [0.15, 0.2) is 10.9 Å². The molecule has 0 saturated carbocycles. The number of aliphatic hydroxyl groups excluding tert-OH is 1. The molecule has 0 spiro atoms. The number of unbranched alkanes of at least 4 members (excludes halogenated alkanes) is 3. The molecular weight excluding hydrogens is 236 g/mol. The summed E-state index contributed by atoms with van der Waals surface area (Å²) in [7, 11) is 0. The summed E-state index contributed by atoms with van der Waals surface area (Å²) in [5, 5.41) is 10.7. The van der Waals surface area contributed by atoms with Crippen molar-refractivity contribution >= 4 is 17.2 Å². The highest BCUT2D eigenvalue weighted by atomic mass is 32.1. The largest absolute Gasteiger partial charge is 0.395 e. The Balaban J connectivity index is 2.44. The van der Waals surface area contributed by atoms with Gasteiger partial charge in [-0.25, -0.2) is 4.98 Å². The van der Waals surface area contributed by atoms with Gasteiger partial charge >= 0.3 is 0 Å². The molecule has 5 heteroatoms. The second-order valence-electron chi connectivity index (χ2n) is 3.95. The summed E-state index contributed by atoms with van der Waals surface area (Å²) in [5.41, 5.74) is 2.14. The van der Waals surface area contributed by atoms with Crippen molar-refractivity contribution in [2.75, 3.05) is 19.7 Å². The monoisotopic (exact) mass is 256 g/mol. The average molecular weight is 256 g/mol. The molecule has 0 aliphatic carbocycles. The molecule has 17 heavy (non-hydrogen) atoms. The van der Waals surface area contributed by atoms with E-state index in [1.165, 1.54) is 24.2 Å². The van der Waals surface area contributed by atoms with Crippen LogP contribution in [0.5, 0.6) is 0 Å². The van der Waals surface area contributed by atoms with Crippen molar-refractivity contribution in [1.82, 2.24) is 9.88 Å². The van der Waals surface area contributed by atoms with E-state index in [1.54, 1.807) is 15.8 Å². The van der Waals surface area contributed by atoms with Crippen LogP contribution in [0.1, 0.15) is 43.1 Å². The molecule has 0 bridgehead atoms. The zero-order chi connectivity index (χ0) is 12.5. The first-order valence-electron chi connectivity index (χ1n) is 6.08. The highest BCUT2D eigenvalue weighted by Gasteiger charge is 2.16. The van der Waals surface area contributed by atoms with Crippen molar-refractivity contribution in [2.24, 2.45) is 0 Å². The van der Waals surface area contributed by atoms with Gasteiger partial charge in [0.15, 0.2) is 0 Å². The minimum Gasteiger partial charge on any atom is -0.395 e. The van der Waals surface area contributed by atoms with Crippen LogP contribution in [0, 0.1) is 0 Å². The Labute approximate surface area is 106 Å². The van der Waals surface area contributed by atoms with Gasteiger partial charge in [0, 0.05) is 18.5 Å². The quantitative estimate of drug-likeness (QED) is 0.725. The zero-order valence-electron chi connectivity index (χ0n) is 10.3. The van der Waals surface area contributed by atoms with Gasteiger partial charge in [-0.3, -0.25) is 4.79 Å². The molecule has 1 aromatic rings. The number of amides is 1. The van der Waals surface area contributed by atoms with E-state index in [0.717, 1.165) is 12.8 Å². The van der Waals surface area contributed by atoms with Crippen molar-refractivity contribution in [3.8, 4) is 0 Å². The van der Waals surface area contributed by atoms with Gasteiger partial charge in [0.05, 0.1) is 12.1 Å². The highest BCUT2D eigenvalue weighted by molar-refractivity contribution is 7.07. The molecule has 4 nitrogen and oxygen atoms in total. The standard InChI is InChI=1S/C12H20N2O2S/c1-2-3-4-5-6-14(7-8-15)12(16)11-9-17-10-13-11/h9-10,15H,2-8H2,1H3. The number of carbonyl (C=O) groups is 1. The molecule has 0 saturated heterocycles. The first-order valence-corrected chi connectivity index (χ1v) is 7.02. The summed E-state index contributed by atoms with van der Waals surface area (Å²) in [6, 6.07) is 0. The topological polar surface area (TPSA) is 53.4 Å². The molecule has 1 rings (SSSR count). The lowest BCUT2D eigenvalue weighted by Crippen LogP contribution is -2.34. The van der Waals surface area contributed by atoms with Crippen LogP contribution in [0.4, 0.5) is 0 Å². The van der Waals surface area contributed by atoms with Crippen molar-refractivity contribution in [2.45, 2.75) is 32.6 Å². The van der Waals surface area contributed by atoms with Gasteiger partial charge in [-0.15, -0.1) is 11.3 Å². The van der Waals surface area contributed by atoms with Gasteiger partial charge in [-0.2, -0.15) is 0 Å². The fourth-order valence-corrected chi connectivity index (χ4v) is 2.17. The molecule has 1 aromatic heterocycles. The molecule has 0 aliphatic rings. The van der Waals surface area contributed by atoms with E-state index in [2.05, 4.69) is 11.9 Å². The lowest BCUT2D eigenvalue weighted by atomic mass is 10.2. The molecule has 0 aliphatic heterocycles. The average Bonchev–Trinajstić information content (AvgIpc) is 2.86. The molecule has 0 fully saturated rings. The third-order valence-corrected chi connectivity index (χ3v) is 3.18. The lowest BCUT2D eigenvalue weighted by molar-refractivity contribution is 0.0713. The van der Waals surface area contributed by atoms with Crippen LogP contribution in [0.2, 0.25) is 0 Å². The number of aliphatic hydroxyl groups is 1. The van der Waals surface area contributed by atoms with E-state index in [1.807, 2.05) is 0 Å². The van der Waals surface area contributed by atoms with Gasteiger partial charge in [0.1, 0.15) is 5.69 Å². The summed E-state index contributed by atoms with van der Waals surface area (Å²) in [5.74, 6) is -0.0724. The van der Waals surface area contributed by atoms with E-state index in [4.69, 9.17) is 5.11 Å². The third kappa shape index (κ3) is 4.83. The van der Waals surface area contributed by atoms with Crippen LogP contribution in [-0.2, 0) is 0 Å². The number of hydrogen-bond donors (Lipinski definition) is 1. The Hall–Kier alpha value is -0.940. The number of rotatable bonds is 8. The fourth-order valence-electron chi connectivity index (χ4n) is 1.65. The van der Waals surface area contributed by atoms with Crippen LogP contribution in [-0.4, -0.2) is 40.6 Å². The van der Waals surface area contributed by atoms with Crippen molar-refractivity contribution < 1.29 is 9.90 Å². The maximum absolute atomic E-state index is 12.0. The molecule has 0 radical (unpaired) electrons. The number of thiazole rings is 1. The highest BCUT2D eigenvalue weighted by Crippen LogP contribution is 2.08.